The summed E-state index contributed by atoms with van der Waals surface area (Å²) in [4.78, 5) is 0. The van der Waals surface area contributed by atoms with E-state index >= 15 is 0 Å². The van der Waals surface area contributed by atoms with Crippen LogP contribution in [0.4, 0.5) is 0 Å². The van der Waals surface area contributed by atoms with E-state index in [1.54, 1.807) is 0 Å². The molecule has 2 unspecified atom stereocenters. The van der Waals surface area contributed by atoms with Crippen LogP contribution in [0.15, 0.2) is 0 Å². The zero-order chi connectivity index (χ0) is 8.44. The van der Waals surface area contributed by atoms with Crippen molar-refractivity contribution in [1.29, 1.82) is 0 Å². The van der Waals surface area contributed by atoms with E-state index in [0.717, 1.165) is 26.1 Å². The van der Waals surface area contributed by atoms with E-state index in [1.807, 2.05) is 0 Å². The second-order valence-corrected chi connectivity index (χ2v) is 4.00. The Labute approximate surface area is 73.2 Å². The molecule has 0 radical (unpaired) electrons. The lowest BCUT2D eigenvalue weighted by Crippen LogP contribution is -2.43. The van der Waals surface area contributed by atoms with Gasteiger partial charge in [0, 0.05) is 18.8 Å². The molecule has 2 atom stereocenters. The van der Waals surface area contributed by atoms with Crippen molar-refractivity contribution in [3.63, 3.8) is 0 Å². The Hall–Kier alpha value is -0.120. The molecule has 2 aliphatic heterocycles. The van der Waals surface area contributed by atoms with Gasteiger partial charge in [-0.3, -0.25) is 0 Å². The molecule has 2 aliphatic rings. The van der Waals surface area contributed by atoms with Gasteiger partial charge in [0.2, 0.25) is 0 Å². The monoisotopic (exact) mass is 171 g/mol. The highest BCUT2D eigenvalue weighted by Gasteiger charge is 2.34. The topological polar surface area (TPSA) is 44.5 Å². The summed E-state index contributed by atoms with van der Waals surface area (Å²) in [6, 6.07) is 0. The smallest absolute Gasteiger partial charge is 0.0648 e. The van der Waals surface area contributed by atoms with Crippen molar-refractivity contribution in [2.24, 2.45) is 5.73 Å². The van der Waals surface area contributed by atoms with Crippen LogP contribution >= 0.6 is 0 Å². The standard InChI is InChI=1S/C9H17NO2/c10-9(3-5-11-7-9)6-8-2-1-4-12-8/h8H,1-7,10H2. The summed E-state index contributed by atoms with van der Waals surface area (Å²) < 4.78 is 10.8. The highest BCUT2D eigenvalue weighted by Crippen LogP contribution is 2.26. The van der Waals surface area contributed by atoms with Crippen molar-refractivity contribution < 1.29 is 9.47 Å². The van der Waals surface area contributed by atoms with Crippen molar-refractivity contribution in [2.45, 2.75) is 37.3 Å². The third-order valence-corrected chi connectivity index (χ3v) is 2.79. The van der Waals surface area contributed by atoms with Crippen LogP contribution in [-0.4, -0.2) is 31.5 Å². The lowest BCUT2D eigenvalue weighted by Gasteiger charge is -2.24. The highest BCUT2D eigenvalue weighted by atomic mass is 16.5. The van der Waals surface area contributed by atoms with Gasteiger partial charge in [0.1, 0.15) is 0 Å². The van der Waals surface area contributed by atoms with E-state index < -0.39 is 0 Å². The summed E-state index contributed by atoms with van der Waals surface area (Å²) in [7, 11) is 0. The average molecular weight is 171 g/mol. The minimum Gasteiger partial charge on any atom is -0.379 e. The van der Waals surface area contributed by atoms with Gasteiger partial charge in [0.15, 0.2) is 0 Å². The third kappa shape index (κ3) is 1.79. The Kier molecular flexibility index (Phi) is 2.35. The maximum atomic E-state index is 6.13. The molecule has 0 amide bonds. The Bertz CT molecular complexity index is 149. The van der Waals surface area contributed by atoms with Crippen LogP contribution in [0.1, 0.15) is 25.7 Å². The van der Waals surface area contributed by atoms with Crippen LogP contribution in [0.2, 0.25) is 0 Å². The van der Waals surface area contributed by atoms with Gasteiger partial charge in [-0.05, 0) is 25.7 Å². The van der Waals surface area contributed by atoms with Crippen LogP contribution in [0.3, 0.4) is 0 Å². The predicted molar refractivity (Wildman–Crippen MR) is 45.9 cm³/mol. The summed E-state index contributed by atoms with van der Waals surface area (Å²) in [6.07, 6.45) is 4.75. The molecule has 3 heteroatoms. The molecule has 0 bridgehead atoms. The molecule has 0 saturated carbocycles. The van der Waals surface area contributed by atoms with Crippen molar-refractivity contribution in [3.05, 3.63) is 0 Å². The second kappa shape index (κ2) is 3.32. The molecule has 2 fully saturated rings. The third-order valence-electron chi connectivity index (χ3n) is 2.79. The van der Waals surface area contributed by atoms with E-state index in [-0.39, 0.29) is 5.54 Å². The molecule has 3 nitrogen and oxygen atoms in total. The number of ether oxygens (including phenoxy) is 2. The van der Waals surface area contributed by atoms with E-state index in [4.69, 9.17) is 15.2 Å². The van der Waals surface area contributed by atoms with Gasteiger partial charge in [0.05, 0.1) is 12.7 Å². The summed E-state index contributed by atoms with van der Waals surface area (Å²) in [6.45, 7) is 2.46. The highest BCUT2D eigenvalue weighted by molar-refractivity contribution is 4.91. The molecule has 2 rings (SSSR count). The SMILES string of the molecule is NC1(CC2CCCO2)CCOC1. The molecule has 0 aromatic carbocycles. The predicted octanol–water partition coefficient (Wildman–Crippen LogP) is 0.673. The van der Waals surface area contributed by atoms with Crippen LogP contribution in [0.25, 0.3) is 0 Å². The quantitative estimate of drug-likeness (QED) is 0.664. The number of hydrogen-bond acceptors (Lipinski definition) is 3. The van der Waals surface area contributed by atoms with Gasteiger partial charge < -0.3 is 15.2 Å². The molecule has 70 valence electrons. The van der Waals surface area contributed by atoms with E-state index in [0.29, 0.717) is 12.7 Å². The molecule has 0 aromatic rings. The summed E-state index contributed by atoms with van der Waals surface area (Å²) in [5, 5.41) is 0. The minimum atomic E-state index is -0.0883. The average Bonchev–Trinajstić information content (AvgIpc) is 2.62. The number of rotatable bonds is 2. The molecule has 2 saturated heterocycles. The fourth-order valence-corrected chi connectivity index (χ4v) is 2.04. The molecule has 2 heterocycles. The van der Waals surface area contributed by atoms with E-state index in [1.165, 1.54) is 12.8 Å². The van der Waals surface area contributed by atoms with Crippen molar-refractivity contribution in [3.8, 4) is 0 Å². The Morgan fingerprint density at radius 1 is 1.42 bits per heavy atom. The molecule has 0 spiro atoms. The zero-order valence-corrected chi connectivity index (χ0v) is 7.42. The maximum absolute atomic E-state index is 6.13. The second-order valence-electron chi connectivity index (χ2n) is 4.00. The first-order valence-electron chi connectivity index (χ1n) is 4.77. The van der Waals surface area contributed by atoms with Gasteiger partial charge in [-0.2, -0.15) is 0 Å². The van der Waals surface area contributed by atoms with E-state index in [9.17, 15) is 0 Å². The number of hydrogen-bond donors (Lipinski definition) is 1. The molecular weight excluding hydrogens is 154 g/mol. The largest absolute Gasteiger partial charge is 0.379 e. The first kappa shape index (κ1) is 8.48. The zero-order valence-electron chi connectivity index (χ0n) is 7.42. The van der Waals surface area contributed by atoms with Crippen LogP contribution in [-0.2, 0) is 9.47 Å². The summed E-state index contributed by atoms with van der Waals surface area (Å²) >= 11 is 0. The molecule has 0 aliphatic carbocycles. The lowest BCUT2D eigenvalue weighted by atomic mass is 9.92. The first-order chi connectivity index (χ1) is 5.79. The van der Waals surface area contributed by atoms with Crippen LogP contribution in [0, 0.1) is 0 Å². The van der Waals surface area contributed by atoms with Crippen molar-refractivity contribution in [2.75, 3.05) is 19.8 Å². The van der Waals surface area contributed by atoms with E-state index in [2.05, 4.69) is 0 Å². The van der Waals surface area contributed by atoms with Crippen molar-refractivity contribution >= 4 is 0 Å². The van der Waals surface area contributed by atoms with Gasteiger partial charge in [-0.15, -0.1) is 0 Å². The summed E-state index contributed by atoms with van der Waals surface area (Å²) in [5.74, 6) is 0. The summed E-state index contributed by atoms with van der Waals surface area (Å²) in [5.41, 5.74) is 6.05. The fraction of sp³-hybridized carbons (Fsp3) is 1.00. The number of nitrogens with two attached hydrogens (primary N) is 1. The van der Waals surface area contributed by atoms with Gasteiger partial charge in [-0.1, -0.05) is 0 Å². The van der Waals surface area contributed by atoms with Crippen molar-refractivity contribution in [1.82, 2.24) is 0 Å². The Balaban J connectivity index is 1.83. The van der Waals surface area contributed by atoms with Crippen LogP contribution < -0.4 is 5.73 Å². The fourth-order valence-electron chi connectivity index (χ4n) is 2.04. The Morgan fingerprint density at radius 3 is 2.92 bits per heavy atom. The van der Waals surface area contributed by atoms with Gasteiger partial charge >= 0.3 is 0 Å². The maximum Gasteiger partial charge on any atom is 0.0648 e. The first-order valence-corrected chi connectivity index (χ1v) is 4.77. The Morgan fingerprint density at radius 2 is 2.33 bits per heavy atom. The van der Waals surface area contributed by atoms with Gasteiger partial charge in [-0.25, -0.2) is 0 Å². The normalized spacial score (nSPS) is 42.2. The lowest BCUT2D eigenvalue weighted by molar-refractivity contribution is 0.0778. The molecule has 12 heavy (non-hydrogen) atoms. The van der Waals surface area contributed by atoms with Gasteiger partial charge in [0.25, 0.3) is 0 Å². The molecule has 2 N–H and O–H groups in total. The van der Waals surface area contributed by atoms with Crippen LogP contribution in [0.5, 0.6) is 0 Å². The minimum absolute atomic E-state index is 0.0883. The molecular formula is C9H17NO2. The molecule has 0 aromatic heterocycles.